The van der Waals surface area contributed by atoms with Crippen molar-refractivity contribution in [3.05, 3.63) is 0 Å². The molecule has 6 nitrogen and oxygen atoms in total. The molecule has 0 aliphatic carbocycles. The molecule has 2 atom stereocenters. The predicted octanol–water partition coefficient (Wildman–Crippen LogP) is 0.0826. The second kappa shape index (κ2) is 5.38. The van der Waals surface area contributed by atoms with E-state index < -0.39 is 20.7 Å². The molecule has 0 radical (unpaired) electrons. The maximum absolute atomic E-state index is 12.6. The van der Waals surface area contributed by atoms with E-state index >= 15 is 0 Å². The molecule has 2 aliphatic rings. The molecule has 2 unspecified atom stereocenters. The number of ether oxygens (including phenoxy) is 1. The first kappa shape index (κ1) is 14.7. The number of carbonyl (C=O) groups excluding carboxylic acids is 1. The topological polar surface area (TPSA) is 89.7 Å². The average molecular weight is 290 g/mol. The fourth-order valence-electron chi connectivity index (χ4n) is 2.88. The number of amides is 1. The number of sulfonamides is 1. The molecule has 2 rings (SSSR count). The normalized spacial score (nSPS) is 33.2. The Morgan fingerprint density at radius 2 is 2.16 bits per heavy atom. The summed E-state index contributed by atoms with van der Waals surface area (Å²) in [5, 5.41) is 4.57. The van der Waals surface area contributed by atoms with Crippen LogP contribution in [0.4, 0.5) is 0 Å². The van der Waals surface area contributed by atoms with Gasteiger partial charge in [-0.1, -0.05) is 0 Å². The van der Waals surface area contributed by atoms with Crippen molar-refractivity contribution in [2.45, 2.75) is 37.9 Å². The number of likely N-dealkylation sites (tertiary alicyclic amines) is 1. The molecule has 0 aromatic rings. The van der Waals surface area contributed by atoms with Gasteiger partial charge >= 0.3 is 0 Å². The number of nitrogens with two attached hydrogens (primary N) is 1. The Morgan fingerprint density at radius 3 is 2.74 bits per heavy atom. The molecule has 19 heavy (non-hydrogen) atoms. The lowest BCUT2D eigenvalue weighted by molar-refractivity contribution is -0.149. The lowest BCUT2D eigenvalue weighted by Gasteiger charge is -2.39. The Balaban J connectivity index is 2.06. The summed E-state index contributed by atoms with van der Waals surface area (Å²) in [4.78, 5) is 14.2. The van der Waals surface area contributed by atoms with E-state index in [0.29, 0.717) is 32.6 Å². The lowest BCUT2D eigenvalue weighted by atomic mass is 9.83. The Bertz CT molecular complexity index is 443. The Labute approximate surface area is 114 Å². The molecule has 0 bridgehead atoms. The molecule has 0 saturated carbocycles. The van der Waals surface area contributed by atoms with Crippen molar-refractivity contribution in [2.75, 3.05) is 26.3 Å². The quantitative estimate of drug-likeness (QED) is 0.780. The molecule has 2 heterocycles. The summed E-state index contributed by atoms with van der Waals surface area (Å²) in [5.41, 5.74) is -0.515. The van der Waals surface area contributed by atoms with Gasteiger partial charge in [-0.3, -0.25) is 4.79 Å². The van der Waals surface area contributed by atoms with Crippen molar-refractivity contribution in [3.8, 4) is 0 Å². The summed E-state index contributed by atoms with van der Waals surface area (Å²) in [6, 6.07) is 0. The summed E-state index contributed by atoms with van der Waals surface area (Å²) >= 11 is 0. The van der Waals surface area contributed by atoms with Crippen LogP contribution in [-0.4, -0.2) is 50.8 Å². The monoisotopic (exact) mass is 290 g/mol. The Hall–Kier alpha value is -0.660. The first-order valence-electron chi connectivity index (χ1n) is 6.72. The van der Waals surface area contributed by atoms with Crippen LogP contribution in [0.3, 0.4) is 0 Å². The molecule has 0 aromatic carbocycles. The summed E-state index contributed by atoms with van der Waals surface area (Å²) in [7, 11) is -3.57. The van der Waals surface area contributed by atoms with Gasteiger partial charge in [0, 0.05) is 19.7 Å². The van der Waals surface area contributed by atoms with Gasteiger partial charge in [0.25, 0.3) is 0 Å². The van der Waals surface area contributed by atoms with Gasteiger partial charge in [-0.25, -0.2) is 13.6 Å². The third kappa shape index (κ3) is 3.27. The van der Waals surface area contributed by atoms with Gasteiger partial charge in [0.2, 0.25) is 15.9 Å². The summed E-state index contributed by atoms with van der Waals surface area (Å²) in [5.74, 6) is 0.000509. The number of primary sulfonamides is 1. The zero-order valence-electron chi connectivity index (χ0n) is 11.3. The van der Waals surface area contributed by atoms with Gasteiger partial charge in [0.15, 0.2) is 0 Å². The summed E-state index contributed by atoms with van der Waals surface area (Å²) < 4.78 is 28.3. The maximum atomic E-state index is 12.6. The van der Waals surface area contributed by atoms with Gasteiger partial charge in [-0.15, -0.1) is 0 Å². The maximum Gasteiger partial charge on any atom is 0.230 e. The fraction of sp³-hybridized carbons (Fsp3) is 0.917. The fourth-order valence-corrected chi connectivity index (χ4v) is 3.76. The molecular formula is C12H22N2O4S. The van der Waals surface area contributed by atoms with E-state index in [1.165, 1.54) is 0 Å². The van der Waals surface area contributed by atoms with E-state index in [-0.39, 0.29) is 12.5 Å². The zero-order chi connectivity index (χ0) is 14.1. The molecule has 2 fully saturated rings. The highest BCUT2D eigenvalue weighted by Crippen LogP contribution is 2.31. The van der Waals surface area contributed by atoms with Crippen LogP contribution in [0.5, 0.6) is 0 Å². The van der Waals surface area contributed by atoms with Crippen LogP contribution in [0.1, 0.15) is 32.6 Å². The molecule has 2 N–H and O–H groups in total. The number of carbonyl (C=O) groups is 1. The second-order valence-corrected chi connectivity index (χ2v) is 7.67. The highest BCUT2D eigenvalue weighted by molar-refractivity contribution is 7.89. The SMILES string of the molecule is CC1(C(=O)N2CCCC(S(N)(=O)=O)C2)CCCOC1. The predicted molar refractivity (Wildman–Crippen MR) is 70.9 cm³/mol. The van der Waals surface area contributed by atoms with Crippen molar-refractivity contribution in [3.63, 3.8) is 0 Å². The molecule has 2 aliphatic heterocycles. The minimum Gasteiger partial charge on any atom is -0.380 e. The molecule has 110 valence electrons. The van der Waals surface area contributed by atoms with Gasteiger partial charge in [0.1, 0.15) is 0 Å². The Morgan fingerprint density at radius 1 is 1.42 bits per heavy atom. The van der Waals surface area contributed by atoms with Crippen LogP contribution in [0.15, 0.2) is 0 Å². The number of rotatable bonds is 2. The van der Waals surface area contributed by atoms with Gasteiger partial charge in [-0.2, -0.15) is 0 Å². The molecule has 0 aromatic heterocycles. The minimum atomic E-state index is -3.57. The van der Waals surface area contributed by atoms with E-state index in [1.54, 1.807) is 4.90 Å². The van der Waals surface area contributed by atoms with E-state index in [1.807, 2.05) is 6.92 Å². The number of hydrogen-bond donors (Lipinski definition) is 1. The van der Waals surface area contributed by atoms with Crippen molar-refractivity contribution in [1.82, 2.24) is 4.90 Å². The summed E-state index contributed by atoms with van der Waals surface area (Å²) in [6.07, 6.45) is 2.89. The number of hydrogen-bond acceptors (Lipinski definition) is 4. The van der Waals surface area contributed by atoms with Crippen LogP contribution in [0.25, 0.3) is 0 Å². The zero-order valence-corrected chi connectivity index (χ0v) is 12.1. The third-order valence-corrected chi connectivity index (χ3v) is 5.40. The van der Waals surface area contributed by atoms with Crippen molar-refractivity contribution in [2.24, 2.45) is 10.6 Å². The second-order valence-electron chi connectivity index (χ2n) is 5.82. The van der Waals surface area contributed by atoms with E-state index in [2.05, 4.69) is 0 Å². The van der Waals surface area contributed by atoms with Crippen molar-refractivity contribution >= 4 is 15.9 Å². The molecule has 7 heteroatoms. The highest BCUT2D eigenvalue weighted by Gasteiger charge is 2.41. The highest BCUT2D eigenvalue weighted by atomic mass is 32.2. The van der Waals surface area contributed by atoms with E-state index in [9.17, 15) is 13.2 Å². The third-order valence-electron chi connectivity index (χ3n) is 4.08. The minimum absolute atomic E-state index is 0.000509. The number of nitrogens with zero attached hydrogens (tertiary/aromatic N) is 1. The van der Waals surface area contributed by atoms with Crippen molar-refractivity contribution in [1.29, 1.82) is 0 Å². The summed E-state index contributed by atoms with van der Waals surface area (Å²) in [6.45, 7) is 3.84. The van der Waals surface area contributed by atoms with Gasteiger partial charge < -0.3 is 9.64 Å². The molecule has 1 amide bonds. The standard InChI is InChI=1S/C12H22N2O4S/c1-12(5-3-7-18-9-12)11(15)14-6-2-4-10(8-14)19(13,16)17/h10H,2-9H2,1H3,(H2,13,16,17). The molecular weight excluding hydrogens is 268 g/mol. The van der Waals surface area contributed by atoms with Crippen molar-refractivity contribution < 1.29 is 17.9 Å². The van der Waals surface area contributed by atoms with Gasteiger partial charge in [0.05, 0.1) is 17.3 Å². The molecule has 2 saturated heterocycles. The van der Waals surface area contributed by atoms with Gasteiger partial charge in [-0.05, 0) is 32.6 Å². The average Bonchev–Trinajstić information content (AvgIpc) is 2.38. The molecule has 0 spiro atoms. The first-order chi connectivity index (χ1) is 8.83. The van der Waals surface area contributed by atoms with Crippen LogP contribution in [0.2, 0.25) is 0 Å². The van der Waals surface area contributed by atoms with Crippen LogP contribution in [0, 0.1) is 5.41 Å². The lowest BCUT2D eigenvalue weighted by Crippen LogP contribution is -2.53. The Kier molecular flexibility index (Phi) is 4.17. The van der Waals surface area contributed by atoms with E-state index in [4.69, 9.17) is 9.88 Å². The number of piperidine rings is 1. The first-order valence-corrected chi connectivity index (χ1v) is 8.33. The smallest absolute Gasteiger partial charge is 0.230 e. The largest absolute Gasteiger partial charge is 0.380 e. The van der Waals surface area contributed by atoms with Crippen LogP contribution in [-0.2, 0) is 19.6 Å². The van der Waals surface area contributed by atoms with Crippen LogP contribution >= 0.6 is 0 Å². The van der Waals surface area contributed by atoms with Crippen LogP contribution < -0.4 is 5.14 Å². The van der Waals surface area contributed by atoms with E-state index in [0.717, 1.165) is 12.8 Å².